The zero-order valence-corrected chi connectivity index (χ0v) is 13.4. The lowest BCUT2D eigenvalue weighted by molar-refractivity contribution is 0.452. The van der Waals surface area contributed by atoms with Crippen LogP contribution in [-0.2, 0) is 6.54 Å². The Hall–Kier alpha value is -2.27. The largest absolute Gasteiger partial charge is 0.348 e. The normalized spacial score (nSPS) is 15.3. The van der Waals surface area contributed by atoms with Crippen LogP contribution < -0.4 is 10.2 Å². The first-order valence-corrected chi connectivity index (χ1v) is 8.14. The van der Waals surface area contributed by atoms with E-state index in [0.717, 1.165) is 56.1 Å². The third kappa shape index (κ3) is 4.13. The van der Waals surface area contributed by atoms with Crippen LogP contribution in [0.15, 0.2) is 49.6 Å². The zero-order valence-electron chi connectivity index (χ0n) is 13.4. The number of piperidine rings is 1. The predicted octanol–water partition coefficient (Wildman–Crippen LogP) is 2.53. The molecule has 5 heteroatoms. The summed E-state index contributed by atoms with van der Waals surface area (Å²) in [5, 5.41) is 3.40. The number of aromatic nitrogens is 3. The van der Waals surface area contributed by atoms with Gasteiger partial charge < -0.3 is 10.2 Å². The number of pyridine rings is 1. The standard InChI is InChI=1S/C18H23N5/c1-2-10-23(13-15-4-3-7-20-12-15)18-11-17(21-14-22-18)16-5-8-19-9-6-16/h2-4,7,11-12,14,16,19H,1,5-6,8-10,13H2. The fraction of sp³-hybridized carbons (Fsp3) is 0.389. The van der Waals surface area contributed by atoms with Crippen molar-refractivity contribution in [1.82, 2.24) is 20.3 Å². The fourth-order valence-corrected chi connectivity index (χ4v) is 2.98. The van der Waals surface area contributed by atoms with Gasteiger partial charge in [-0.05, 0) is 37.6 Å². The van der Waals surface area contributed by atoms with Gasteiger partial charge in [0.2, 0.25) is 0 Å². The molecule has 0 amide bonds. The lowest BCUT2D eigenvalue weighted by Crippen LogP contribution is -2.28. The summed E-state index contributed by atoms with van der Waals surface area (Å²) in [5.74, 6) is 1.49. The lowest BCUT2D eigenvalue weighted by atomic mass is 9.94. The van der Waals surface area contributed by atoms with Gasteiger partial charge in [-0.25, -0.2) is 9.97 Å². The van der Waals surface area contributed by atoms with Gasteiger partial charge in [0.15, 0.2) is 0 Å². The maximum Gasteiger partial charge on any atom is 0.132 e. The van der Waals surface area contributed by atoms with E-state index in [-0.39, 0.29) is 0 Å². The summed E-state index contributed by atoms with van der Waals surface area (Å²) >= 11 is 0. The average molecular weight is 309 g/mol. The van der Waals surface area contributed by atoms with E-state index in [2.05, 4.69) is 43.9 Å². The van der Waals surface area contributed by atoms with Gasteiger partial charge in [-0.2, -0.15) is 0 Å². The molecule has 0 radical (unpaired) electrons. The summed E-state index contributed by atoms with van der Waals surface area (Å²) < 4.78 is 0. The lowest BCUT2D eigenvalue weighted by Gasteiger charge is -2.25. The maximum atomic E-state index is 4.51. The molecule has 3 heterocycles. The van der Waals surface area contributed by atoms with E-state index in [4.69, 9.17) is 0 Å². The van der Waals surface area contributed by atoms with Crippen LogP contribution in [0.4, 0.5) is 5.82 Å². The van der Waals surface area contributed by atoms with Gasteiger partial charge in [-0.15, -0.1) is 6.58 Å². The highest BCUT2D eigenvalue weighted by molar-refractivity contribution is 5.41. The molecule has 0 atom stereocenters. The third-order valence-corrected chi connectivity index (χ3v) is 4.20. The van der Waals surface area contributed by atoms with Gasteiger partial charge in [-0.3, -0.25) is 4.98 Å². The van der Waals surface area contributed by atoms with Gasteiger partial charge in [0.05, 0.1) is 0 Å². The second kappa shape index (κ2) is 7.83. The highest BCUT2D eigenvalue weighted by atomic mass is 15.2. The topological polar surface area (TPSA) is 53.9 Å². The van der Waals surface area contributed by atoms with Gasteiger partial charge in [0, 0.05) is 43.2 Å². The van der Waals surface area contributed by atoms with Gasteiger partial charge in [0.1, 0.15) is 12.1 Å². The van der Waals surface area contributed by atoms with Crippen molar-refractivity contribution in [3.63, 3.8) is 0 Å². The van der Waals surface area contributed by atoms with E-state index < -0.39 is 0 Å². The van der Waals surface area contributed by atoms with Gasteiger partial charge in [-0.1, -0.05) is 12.1 Å². The summed E-state index contributed by atoms with van der Waals surface area (Å²) in [6, 6.07) is 6.18. The van der Waals surface area contributed by atoms with E-state index in [1.165, 1.54) is 0 Å². The summed E-state index contributed by atoms with van der Waals surface area (Å²) in [7, 11) is 0. The predicted molar refractivity (Wildman–Crippen MR) is 92.4 cm³/mol. The molecule has 1 aliphatic rings. The molecule has 0 aromatic carbocycles. The number of hydrogen-bond donors (Lipinski definition) is 1. The van der Waals surface area contributed by atoms with Crippen molar-refractivity contribution in [2.24, 2.45) is 0 Å². The molecule has 1 aliphatic heterocycles. The van der Waals surface area contributed by atoms with Crippen LogP contribution in [0.1, 0.15) is 30.0 Å². The molecule has 0 bridgehead atoms. The van der Waals surface area contributed by atoms with E-state index >= 15 is 0 Å². The van der Waals surface area contributed by atoms with E-state index in [0.29, 0.717) is 5.92 Å². The molecule has 1 saturated heterocycles. The van der Waals surface area contributed by atoms with Gasteiger partial charge >= 0.3 is 0 Å². The number of nitrogens with zero attached hydrogens (tertiary/aromatic N) is 4. The zero-order chi connectivity index (χ0) is 15.9. The second-order valence-corrected chi connectivity index (χ2v) is 5.86. The Morgan fingerprint density at radius 3 is 2.91 bits per heavy atom. The van der Waals surface area contributed by atoms with Crippen molar-refractivity contribution in [3.05, 3.63) is 60.8 Å². The first-order valence-electron chi connectivity index (χ1n) is 8.14. The molecule has 1 N–H and O–H groups in total. The van der Waals surface area contributed by atoms with Crippen LogP contribution in [0.5, 0.6) is 0 Å². The summed E-state index contributed by atoms with van der Waals surface area (Å²) in [6.45, 7) is 7.52. The minimum absolute atomic E-state index is 0.530. The van der Waals surface area contributed by atoms with Crippen LogP contribution in [0.2, 0.25) is 0 Å². The van der Waals surface area contributed by atoms with Gasteiger partial charge in [0.25, 0.3) is 0 Å². The van der Waals surface area contributed by atoms with Crippen LogP contribution in [0, 0.1) is 0 Å². The molecule has 5 nitrogen and oxygen atoms in total. The molecule has 0 unspecified atom stereocenters. The quantitative estimate of drug-likeness (QED) is 0.831. The molecular formula is C18H23N5. The van der Waals surface area contributed by atoms with Crippen LogP contribution in [0.3, 0.4) is 0 Å². The SMILES string of the molecule is C=CCN(Cc1cccnc1)c1cc(C2CCNCC2)ncn1. The molecule has 2 aromatic heterocycles. The van der Waals surface area contributed by atoms with Crippen molar-refractivity contribution < 1.29 is 0 Å². The fourth-order valence-electron chi connectivity index (χ4n) is 2.98. The monoisotopic (exact) mass is 309 g/mol. The smallest absolute Gasteiger partial charge is 0.132 e. The van der Waals surface area contributed by atoms with Crippen LogP contribution >= 0.6 is 0 Å². The Labute approximate surface area is 137 Å². The number of anilines is 1. The Kier molecular flexibility index (Phi) is 5.32. The maximum absolute atomic E-state index is 4.51. The molecule has 120 valence electrons. The highest BCUT2D eigenvalue weighted by Crippen LogP contribution is 2.25. The molecule has 23 heavy (non-hydrogen) atoms. The van der Waals surface area contributed by atoms with E-state index in [9.17, 15) is 0 Å². The first-order chi connectivity index (χ1) is 11.4. The summed E-state index contributed by atoms with van der Waals surface area (Å²) in [4.78, 5) is 15.4. The van der Waals surface area contributed by atoms with E-state index in [1.54, 1.807) is 12.5 Å². The van der Waals surface area contributed by atoms with Crippen LogP contribution in [0.25, 0.3) is 0 Å². The van der Waals surface area contributed by atoms with Crippen molar-refractivity contribution in [3.8, 4) is 0 Å². The minimum atomic E-state index is 0.530. The highest BCUT2D eigenvalue weighted by Gasteiger charge is 2.18. The Bertz CT molecular complexity index is 622. The second-order valence-electron chi connectivity index (χ2n) is 5.86. The van der Waals surface area contributed by atoms with Crippen molar-refractivity contribution in [2.75, 3.05) is 24.5 Å². The first kappa shape index (κ1) is 15.6. The molecule has 1 fully saturated rings. The summed E-state index contributed by atoms with van der Waals surface area (Å²) in [5.41, 5.74) is 2.31. The Balaban J connectivity index is 1.80. The molecule has 0 spiro atoms. The van der Waals surface area contributed by atoms with Crippen LogP contribution in [-0.4, -0.2) is 34.6 Å². The minimum Gasteiger partial charge on any atom is -0.348 e. The van der Waals surface area contributed by atoms with Crippen molar-refractivity contribution in [1.29, 1.82) is 0 Å². The van der Waals surface area contributed by atoms with Crippen molar-refractivity contribution in [2.45, 2.75) is 25.3 Å². The summed E-state index contributed by atoms with van der Waals surface area (Å²) in [6.07, 6.45) is 9.56. The number of nitrogens with one attached hydrogen (secondary N) is 1. The van der Waals surface area contributed by atoms with E-state index in [1.807, 2.05) is 18.3 Å². The Morgan fingerprint density at radius 1 is 1.30 bits per heavy atom. The number of hydrogen-bond acceptors (Lipinski definition) is 5. The van der Waals surface area contributed by atoms with Crippen molar-refractivity contribution >= 4 is 5.82 Å². The Morgan fingerprint density at radius 2 is 2.17 bits per heavy atom. The molecule has 0 aliphatic carbocycles. The molecule has 0 saturated carbocycles. The molecule has 3 rings (SSSR count). The molecule has 2 aromatic rings. The molecular weight excluding hydrogens is 286 g/mol. The number of rotatable bonds is 6. The third-order valence-electron chi connectivity index (χ3n) is 4.20. The average Bonchev–Trinajstić information content (AvgIpc) is 2.63.